The number of nitrogens with one attached hydrogen (secondary N) is 2. The molecule has 24 heavy (non-hydrogen) atoms. The summed E-state index contributed by atoms with van der Waals surface area (Å²) in [5, 5.41) is 5.60. The number of para-hydroxylation sites is 2. The Hall–Kier alpha value is -2.28. The van der Waals surface area contributed by atoms with Crippen LogP contribution >= 0.6 is 0 Å². The van der Waals surface area contributed by atoms with E-state index in [-0.39, 0.29) is 37.0 Å². The smallest absolute Gasteiger partial charge is 0.234 e. The zero-order valence-corrected chi connectivity index (χ0v) is 14.4. The molecule has 0 fully saturated rings. The first-order chi connectivity index (χ1) is 11.4. The van der Waals surface area contributed by atoms with Crippen LogP contribution in [0.25, 0.3) is 0 Å². The lowest BCUT2D eigenvalue weighted by Gasteiger charge is -2.26. The normalized spacial score (nSPS) is 16.1. The van der Waals surface area contributed by atoms with Crippen LogP contribution in [-0.2, 0) is 9.59 Å². The molecule has 0 bridgehead atoms. The number of nitrogens with zero attached hydrogens (tertiary/aromatic N) is 1. The van der Waals surface area contributed by atoms with Crippen molar-refractivity contribution >= 4 is 11.8 Å². The largest absolute Gasteiger partial charge is 0.486 e. The summed E-state index contributed by atoms with van der Waals surface area (Å²) in [5.41, 5.74) is 0. The van der Waals surface area contributed by atoms with Gasteiger partial charge >= 0.3 is 0 Å². The molecule has 1 aromatic carbocycles. The van der Waals surface area contributed by atoms with Crippen molar-refractivity contribution in [1.82, 2.24) is 15.5 Å². The number of fused-ring (bicyclic) bond motifs is 1. The summed E-state index contributed by atoms with van der Waals surface area (Å²) in [7, 11) is 1.73. The predicted molar refractivity (Wildman–Crippen MR) is 90.1 cm³/mol. The van der Waals surface area contributed by atoms with Crippen LogP contribution in [0.1, 0.15) is 13.8 Å². The van der Waals surface area contributed by atoms with Crippen molar-refractivity contribution in [2.75, 3.05) is 33.3 Å². The lowest BCUT2D eigenvalue weighted by atomic mass is 10.2. The Morgan fingerprint density at radius 2 is 1.88 bits per heavy atom. The van der Waals surface area contributed by atoms with Gasteiger partial charge in [0.1, 0.15) is 12.7 Å². The van der Waals surface area contributed by atoms with Gasteiger partial charge in [0.2, 0.25) is 11.8 Å². The quantitative estimate of drug-likeness (QED) is 0.754. The van der Waals surface area contributed by atoms with Crippen LogP contribution in [0.4, 0.5) is 0 Å². The Balaban J connectivity index is 1.69. The van der Waals surface area contributed by atoms with Gasteiger partial charge in [-0.25, -0.2) is 0 Å². The molecule has 0 aromatic heterocycles. The first-order valence-corrected chi connectivity index (χ1v) is 8.07. The number of hydrogen-bond donors (Lipinski definition) is 2. The Kier molecular flexibility index (Phi) is 6.43. The molecule has 132 valence electrons. The summed E-state index contributed by atoms with van der Waals surface area (Å²) in [6.07, 6.45) is -0.224. The minimum Gasteiger partial charge on any atom is -0.486 e. The molecule has 0 aliphatic carbocycles. The first kappa shape index (κ1) is 18.1. The molecule has 1 heterocycles. The average Bonchev–Trinajstić information content (AvgIpc) is 2.51. The molecule has 7 nitrogen and oxygen atoms in total. The highest BCUT2D eigenvalue weighted by Gasteiger charge is 2.21. The van der Waals surface area contributed by atoms with Crippen LogP contribution in [-0.4, -0.2) is 62.1 Å². The van der Waals surface area contributed by atoms with E-state index in [9.17, 15) is 9.59 Å². The molecule has 2 amide bonds. The monoisotopic (exact) mass is 335 g/mol. The molecule has 1 aliphatic heterocycles. The molecular weight excluding hydrogens is 310 g/mol. The number of hydrogen-bond acceptors (Lipinski definition) is 5. The fourth-order valence-corrected chi connectivity index (χ4v) is 2.36. The van der Waals surface area contributed by atoms with E-state index in [0.717, 1.165) is 5.75 Å². The second-order valence-corrected chi connectivity index (χ2v) is 6.20. The van der Waals surface area contributed by atoms with E-state index in [1.807, 2.05) is 38.1 Å². The van der Waals surface area contributed by atoms with Crippen LogP contribution in [0.5, 0.6) is 11.5 Å². The van der Waals surface area contributed by atoms with Gasteiger partial charge in [-0.15, -0.1) is 0 Å². The number of carbonyl (C=O) groups is 2. The van der Waals surface area contributed by atoms with Gasteiger partial charge in [-0.05, 0) is 33.0 Å². The van der Waals surface area contributed by atoms with E-state index in [0.29, 0.717) is 18.9 Å². The third-order valence-corrected chi connectivity index (χ3v) is 3.37. The van der Waals surface area contributed by atoms with Crippen molar-refractivity contribution in [2.45, 2.75) is 26.0 Å². The van der Waals surface area contributed by atoms with Crippen molar-refractivity contribution in [3.63, 3.8) is 0 Å². The third-order valence-electron chi connectivity index (χ3n) is 3.37. The Morgan fingerprint density at radius 3 is 2.58 bits per heavy atom. The van der Waals surface area contributed by atoms with E-state index in [2.05, 4.69) is 10.6 Å². The summed E-state index contributed by atoms with van der Waals surface area (Å²) in [6, 6.07) is 7.53. The van der Waals surface area contributed by atoms with Gasteiger partial charge in [0.05, 0.1) is 19.6 Å². The van der Waals surface area contributed by atoms with Crippen LogP contribution in [0.3, 0.4) is 0 Å². The molecule has 1 atom stereocenters. The Morgan fingerprint density at radius 1 is 1.21 bits per heavy atom. The van der Waals surface area contributed by atoms with E-state index < -0.39 is 0 Å². The van der Waals surface area contributed by atoms with Crippen molar-refractivity contribution in [1.29, 1.82) is 0 Å². The molecule has 1 aromatic rings. The second kappa shape index (κ2) is 8.54. The lowest BCUT2D eigenvalue weighted by molar-refractivity contribution is -0.125. The molecule has 0 unspecified atom stereocenters. The highest BCUT2D eigenvalue weighted by molar-refractivity contribution is 5.81. The average molecular weight is 335 g/mol. The number of carbonyl (C=O) groups excluding carboxylic acids is 2. The molecule has 2 rings (SSSR count). The zero-order valence-electron chi connectivity index (χ0n) is 14.4. The lowest BCUT2D eigenvalue weighted by Crippen LogP contribution is -2.45. The molecular formula is C17H25N3O4. The SMILES string of the molecule is CC(C)NC(=O)CN(C)CC(=O)NC[C@@H]1COc2ccccc2O1. The molecule has 2 N–H and O–H groups in total. The van der Waals surface area contributed by atoms with E-state index in [1.165, 1.54) is 0 Å². The van der Waals surface area contributed by atoms with Crippen molar-refractivity contribution in [2.24, 2.45) is 0 Å². The fraction of sp³-hybridized carbons (Fsp3) is 0.529. The van der Waals surface area contributed by atoms with Crippen molar-refractivity contribution < 1.29 is 19.1 Å². The van der Waals surface area contributed by atoms with E-state index in [1.54, 1.807) is 11.9 Å². The van der Waals surface area contributed by atoms with Crippen LogP contribution in [0.2, 0.25) is 0 Å². The second-order valence-electron chi connectivity index (χ2n) is 6.20. The van der Waals surface area contributed by atoms with Gasteiger partial charge < -0.3 is 20.1 Å². The van der Waals surface area contributed by atoms with Crippen molar-refractivity contribution in [3.8, 4) is 11.5 Å². The minimum absolute atomic E-state index is 0.0889. The van der Waals surface area contributed by atoms with Gasteiger partial charge in [0, 0.05) is 6.04 Å². The molecule has 0 saturated heterocycles. The van der Waals surface area contributed by atoms with Gasteiger partial charge in [0.15, 0.2) is 11.5 Å². The topological polar surface area (TPSA) is 79.9 Å². The highest BCUT2D eigenvalue weighted by atomic mass is 16.6. The maximum absolute atomic E-state index is 12.0. The van der Waals surface area contributed by atoms with Crippen LogP contribution in [0, 0.1) is 0 Å². The zero-order chi connectivity index (χ0) is 17.5. The molecule has 7 heteroatoms. The van der Waals surface area contributed by atoms with Crippen LogP contribution in [0.15, 0.2) is 24.3 Å². The highest BCUT2D eigenvalue weighted by Crippen LogP contribution is 2.30. The third kappa shape index (κ3) is 5.73. The number of likely N-dealkylation sites (N-methyl/N-ethyl adjacent to an activating group) is 1. The van der Waals surface area contributed by atoms with Crippen LogP contribution < -0.4 is 20.1 Å². The van der Waals surface area contributed by atoms with Gasteiger partial charge in [0.25, 0.3) is 0 Å². The standard InChI is InChI=1S/C17H25N3O4/c1-12(2)19-17(22)10-20(3)9-16(21)18-8-13-11-23-14-6-4-5-7-15(14)24-13/h4-7,12-13H,8-11H2,1-3H3,(H,18,21)(H,19,22)/t13-/m1/s1. The fourth-order valence-electron chi connectivity index (χ4n) is 2.36. The summed E-state index contributed by atoms with van der Waals surface area (Å²) in [4.78, 5) is 25.3. The van der Waals surface area contributed by atoms with Gasteiger partial charge in [-0.3, -0.25) is 14.5 Å². The summed E-state index contributed by atoms with van der Waals surface area (Å²) >= 11 is 0. The maximum Gasteiger partial charge on any atom is 0.234 e. The molecule has 0 radical (unpaired) electrons. The summed E-state index contributed by atoms with van der Waals surface area (Å²) in [6.45, 7) is 4.88. The predicted octanol–water partition coefficient (Wildman–Crippen LogP) is 0.399. The molecule has 1 aliphatic rings. The first-order valence-electron chi connectivity index (χ1n) is 8.07. The number of ether oxygens (including phenoxy) is 2. The maximum atomic E-state index is 12.0. The van der Waals surface area contributed by atoms with Gasteiger partial charge in [-0.2, -0.15) is 0 Å². The Bertz CT molecular complexity index is 577. The van der Waals surface area contributed by atoms with E-state index >= 15 is 0 Å². The Labute approximate surface area is 142 Å². The summed E-state index contributed by atoms with van der Waals surface area (Å²) in [5.74, 6) is 1.15. The van der Waals surface area contributed by atoms with E-state index in [4.69, 9.17) is 9.47 Å². The molecule has 0 spiro atoms. The minimum atomic E-state index is -0.224. The molecule has 0 saturated carbocycles. The number of amides is 2. The summed E-state index contributed by atoms with van der Waals surface area (Å²) < 4.78 is 11.4. The number of benzene rings is 1. The van der Waals surface area contributed by atoms with Crippen molar-refractivity contribution in [3.05, 3.63) is 24.3 Å². The van der Waals surface area contributed by atoms with Gasteiger partial charge in [-0.1, -0.05) is 12.1 Å². The number of rotatable bonds is 7.